The van der Waals surface area contributed by atoms with Crippen LogP contribution in [0.3, 0.4) is 0 Å². The van der Waals surface area contributed by atoms with E-state index < -0.39 is 0 Å². The monoisotopic (exact) mass is 229 g/mol. The van der Waals surface area contributed by atoms with Crippen molar-refractivity contribution in [2.24, 2.45) is 0 Å². The highest BCUT2D eigenvalue weighted by Gasteiger charge is 2.00. The second kappa shape index (κ2) is 6.48. The molecule has 4 nitrogen and oxygen atoms in total. The first kappa shape index (κ1) is 12.1. The quantitative estimate of drug-likeness (QED) is 0.515. The smallest absolute Gasteiger partial charge is 0.150 e. The van der Waals surface area contributed by atoms with Gasteiger partial charge in [-0.25, -0.2) is 4.98 Å². The summed E-state index contributed by atoms with van der Waals surface area (Å²) in [6.45, 7) is 1.04. The van der Waals surface area contributed by atoms with E-state index in [9.17, 15) is 0 Å². The van der Waals surface area contributed by atoms with Crippen LogP contribution < -0.4 is 11.1 Å². The Labute approximate surface area is 94.5 Å². The molecule has 0 saturated carbocycles. The van der Waals surface area contributed by atoms with Gasteiger partial charge in [0.25, 0.3) is 0 Å². The maximum Gasteiger partial charge on any atom is 0.150 e. The molecule has 15 heavy (non-hydrogen) atoms. The second-order valence-electron chi connectivity index (χ2n) is 3.28. The fraction of sp³-hybridized carbons (Fsp3) is 0.500. The third-order valence-electron chi connectivity index (χ3n) is 2.02. The predicted molar refractivity (Wildman–Crippen MR) is 63.1 cm³/mol. The molecule has 0 fully saturated rings. The number of halogens is 1. The van der Waals surface area contributed by atoms with Crippen LogP contribution in [-0.2, 0) is 0 Å². The molecule has 0 radical (unpaired) electrons. The Morgan fingerprint density at radius 1 is 1.33 bits per heavy atom. The average molecular weight is 230 g/mol. The molecule has 0 aliphatic heterocycles. The lowest BCUT2D eigenvalue weighted by Crippen LogP contribution is -2.06. The summed E-state index contributed by atoms with van der Waals surface area (Å²) in [5.74, 6) is 0.631. The second-order valence-corrected chi connectivity index (χ2v) is 3.67. The number of nitrogen functional groups attached to an aromatic ring is 1. The molecule has 0 aromatic carbocycles. The van der Waals surface area contributed by atoms with Crippen molar-refractivity contribution in [1.29, 1.82) is 0 Å². The summed E-state index contributed by atoms with van der Waals surface area (Å²) in [5, 5.41) is 12.1. The van der Waals surface area contributed by atoms with Gasteiger partial charge in [0.1, 0.15) is 5.15 Å². The van der Waals surface area contributed by atoms with E-state index in [-0.39, 0.29) is 6.61 Å². The fourth-order valence-corrected chi connectivity index (χ4v) is 1.36. The summed E-state index contributed by atoms with van der Waals surface area (Å²) >= 11 is 5.74. The van der Waals surface area contributed by atoms with E-state index >= 15 is 0 Å². The van der Waals surface area contributed by atoms with Gasteiger partial charge in [-0.1, -0.05) is 11.6 Å². The molecule has 84 valence electrons. The molecular formula is C10H16ClN3O. The largest absolute Gasteiger partial charge is 0.396 e. The fourth-order valence-electron chi connectivity index (χ4n) is 1.21. The van der Waals surface area contributed by atoms with Crippen LogP contribution in [0.2, 0.25) is 5.15 Å². The van der Waals surface area contributed by atoms with E-state index in [0.29, 0.717) is 16.7 Å². The minimum Gasteiger partial charge on any atom is -0.396 e. The molecule has 0 aliphatic rings. The number of aliphatic hydroxyl groups excluding tert-OH is 1. The van der Waals surface area contributed by atoms with Crippen molar-refractivity contribution in [3.63, 3.8) is 0 Å². The molecule has 0 amide bonds. The number of nitrogens with one attached hydrogen (secondary N) is 1. The van der Waals surface area contributed by atoms with Gasteiger partial charge in [0.15, 0.2) is 5.82 Å². The van der Waals surface area contributed by atoms with Gasteiger partial charge in [-0.05, 0) is 31.4 Å². The van der Waals surface area contributed by atoms with Crippen LogP contribution in [-0.4, -0.2) is 23.2 Å². The Bertz CT molecular complexity index is 307. The third-order valence-corrected chi connectivity index (χ3v) is 2.23. The first-order valence-corrected chi connectivity index (χ1v) is 5.38. The zero-order valence-electron chi connectivity index (χ0n) is 8.54. The molecule has 4 N–H and O–H groups in total. The molecule has 1 aromatic rings. The molecule has 0 aliphatic carbocycles. The van der Waals surface area contributed by atoms with Gasteiger partial charge >= 0.3 is 0 Å². The van der Waals surface area contributed by atoms with Crippen molar-refractivity contribution >= 4 is 23.1 Å². The summed E-state index contributed by atoms with van der Waals surface area (Å²) in [6, 6.07) is 3.39. The molecule has 1 aromatic heterocycles. The molecule has 1 rings (SSSR count). The van der Waals surface area contributed by atoms with Crippen molar-refractivity contribution in [2.45, 2.75) is 19.3 Å². The third kappa shape index (κ3) is 4.36. The summed E-state index contributed by atoms with van der Waals surface area (Å²) in [7, 11) is 0. The van der Waals surface area contributed by atoms with Gasteiger partial charge in [-0.3, -0.25) is 0 Å². The Hall–Kier alpha value is -1.00. The van der Waals surface area contributed by atoms with Gasteiger partial charge in [-0.2, -0.15) is 0 Å². The summed E-state index contributed by atoms with van der Waals surface area (Å²) < 4.78 is 0. The van der Waals surface area contributed by atoms with Crippen molar-refractivity contribution < 1.29 is 5.11 Å². The van der Waals surface area contributed by atoms with Crippen molar-refractivity contribution in [2.75, 3.05) is 24.2 Å². The lowest BCUT2D eigenvalue weighted by molar-refractivity contribution is 0.283. The van der Waals surface area contributed by atoms with Gasteiger partial charge in [0.2, 0.25) is 0 Å². The molecule has 0 saturated heterocycles. The SMILES string of the molecule is Nc1ccc(Cl)nc1NCCCCCO. The maximum atomic E-state index is 8.59. The van der Waals surface area contributed by atoms with Crippen LogP contribution in [0.4, 0.5) is 11.5 Å². The Balaban J connectivity index is 2.33. The molecule has 5 heteroatoms. The number of unbranched alkanes of at least 4 members (excludes halogenated alkanes) is 2. The van der Waals surface area contributed by atoms with Crippen molar-refractivity contribution in [3.8, 4) is 0 Å². The van der Waals surface area contributed by atoms with E-state index in [1.165, 1.54) is 0 Å². The number of hydrogen-bond acceptors (Lipinski definition) is 4. The highest BCUT2D eigenvalue weighted by atomic mass is 35.5. The standard InChI is InChI=1S/C10H16ClN3O/c11-9-5-4-8(12)10(14-9)13-6-2-1-3-7-15/h4-5,15H,1-3,6-7,12H2,(H,13,14). The lowest BCUT2D eigenvalue weighted by atomic mass is 10.2. The summed E-state index contributed by atoms with van der Waals surface area (Å²) in [4.78, 5) is 4.07. The first-order valence-electron chi connectivity index (χ1n) is 5.01. The molecular weight excluding hydrogens is 214 g/mol. The molecule has 1 heterocycles. The van der Waals surface area contributed by atoms with Crippen molar-refractivity contribution in [1.82, 2.24) is 4.98 Å². The van der Waals surface area contributed by atoms with Crippen LogP contribution in [0.5, 0.6) is 0 Å². The number of hydrogen-bond donors (Lipinski definition) is 3. The number of nitrogens with zero attached hydrogens (tertiary/aromatic N) is 1. The Morgan fingerprint density at radius 2 is 2.13 bits per heavy atom. The number of aliphatic hydroxyl groups is 1. The molecule has 0 atom stereocenters. The summed E-state index contributed by atoms with van der Waals surface area (Å²) in [6.07, 6.45) is 2.80. The molecule has 0 spiro atoms. The normalized spacial score (nSPS) is 10.3. The molecule has 0 bridgehead atoms. The van der Waals surface area contributed by atoms with E-state index in [0.717, 1.165) is 25.8 Å². The van der Waals surface area contributed by atoms with E-state index in [1.54, 1.807) is 12.1 Å². The average Bonchev–Trinajstić information content (AvgIpc) is 2.23. The minimum absolute atomic E-state index is 0.248. The van der Waals surface area contributed by atoms with Crippen LogP contribution in [0.25, 0.3) is 0 Å². The van der Waals surface area contributed by atoms with Crippen LogP contribution >= 0.6 is 11.6 Å². The summed E-state index contributed by atoms with van der Waals surface area (Å²) in [5.41, 5.74) is 6.31. The van der Waals surface area contributed by atoms with Gasteiger partial charge in [0, 0.05) is 13.2 Å². The Kier molecular flexibility index (Phi) is 5.21. The van der Waals surface area contributed by atoms with Gasteiger partial charge < -0.3 is 16.2 Å². The van der Waals surface area contributed by atoms with Crippen molar-refractivity contribution in [3.05, 3.63) is 17.3 Å². The topological polar surface area (TPSA) is 71.2 Å². The minimum atomic E-state index is 0.248. The van der Waals surface area contributed by atoms with E-state index in [4.69, 9.17) is 22.4 Å². The highest BCUT2D eigenvalue weighted by Crippen LogP contribution is 2.18. The van der Waals surface area contributed by atoms with Crippen LogP contribution in [0.15, 0.2) is 12.1 Å². The van der Waals surface area contributed by atoms with Gasteiger partial charge in [0.05, 0.1) is 5.69 Å². The van der Waals surface area contributed by atoms with Gasteiger partial charge in [-0.15, -0.1) is 0 Å². The lowest BCUT2D eigenvalue weighted by Gasteiger charge is -2.07. The Morgan fingerprint density at radius 3 is 2.87 bits per heavy atom. The van der Waals surface area contributed by atoms with E-state index in [2.05, 4.69) is 10.3 Å². The number of aromatic nitrogens is 1. The zero-order valence-corrected chi connectivity index (χ0v) is 9.30. The number of nitrogens with two attached hydrogens (primary N) is 1. The maximum absolute atomic E-state index is 8.59. The van der Waals surface area contributed by atoms with E-state index in [1.807, 2.05) is 0 Å². The van der Waals surface area contributed by atoms with Crippen LogP contribution in [0.1, 0.15) is 19.3 Å². The number of pyridine rings is 1. The molecule has 0 unspecified atom stereocenters. The zero-order chi connectivity index (χ0) is 11.1. The van der Waals surface area contributed by atoms with Crippen LogP contribution in [0, 0.1) is 0 Å². The predicted octanol–water partition coefficient (Wildman–Crippen LogP) is 1.89. The number of rotatable bonds is 6. The number of anilines is 2. The highest BCUT2D eigenvalue weighted by molar-refractivity contribution is 6.29. The first-order chi connectivity index (χ1) is 7.24.